The third-order valence-electron chi connectivity index (χ3n) is 1.30. The van der Waals surface area contributed by atoms with Gasteiger partial charge in [0.05, 0.1) is 0 Å². The van der Waals surface area contributed by atoms with Crippen LogP contribution in [-0.2, 0) is 18.3 Å². The first-order chi connectivity index (χ1) is 5.46. The molecule has 0 fully saturated rings. The fourth-order valence-electron chi connectivity index (χ4n) is 0.650. The molecule has 0 heterocycles. The van der Waals surface area contributed by atoms with Gasteiger partial charge in [-0.3, -0.25) is 0 Å². The number of halogens is 6. The Balaban J connectivity index is 0.00000144. The second kappa shape index (κ2) is 4.46. The van der Waals surface area contributed by atoms with Crippen LogP contribution in [0.4, 0.5) is 22.0 Å². The normalized spacial score (nSPS) is 9.77. The summed E-state index contributed by atoms with van der Waals surface area (Å²) in [4.78, 5) is 0. The van der Waals surface area contributed by atoms with Crippen LogP contribution >= 0.6 is 0 Å². The first-order valence-corrected chi connectivity index (χ1v) is 4.28. The largest absolute Gasteiger partial charge is 1.00 e. The first kappa shape index (κ1) is 13.0. The average Bonchev–Trinajstić information content (AvgIpc) is 2.08. The van der Waals surface area contributed by atoms with Crippen LogP contribution in [0.2, 0.25) is 0 Å². The van der Waals surface area contributed by atoms with E-state index < -0.39 is 33.2 Å². The molecule has 0 atom stereocenters. The van der Waals surface area contributed by atoms with Gasteiger partial charge in [-0.1, -0.05) is 0 Å². The van der Waals surface area contributed by atoms with Crippen molar-refractivity contribution in [2.24, 2.45) is 0 Å². The average molecular weight is 312 g/mol. The molecule has 7 heteroatoms. The molecule has 0 spiro atoms. The second-order valence-electron chi connectivity index (χ2n) is 2.05. The molecule has 1 aromatic carbocycles. The van der Waals surface area contributed by atoms with Crippen molar-refractivity contribution in [2.45, 2.75) is 0 Å². The van der Waals surface area contributed by atoms with E-state index in [0.29, 0.717) is 0 Å². The molecule has 1 rings (SSSR count). The van der Waals surface area contributed by atoms with Gasteiger partial charge in [-0.15, -0.1) is 0 Å². The van der Waals surface area contributed by atoms with Crippen LogP contribution in [-0.4, -0.2) is 0 Å². The van der Waals surface area contributed by atoms with Gasteiger partial charge in [0.15, 0.2) is 0 Å². The topological polar surface area (TPSA) is 0 Å². The fourth-order valence-corrected chi connectivity index (χ4v) is 1.30. The van der Waals surface area contributed by atoms with E-state index >= 15 is 0 Å². The third-order valence-corrected chi connectivity index (χ3v) is 2.60. The summed E-state index contributed by atoms with van der Waals surface area (Å²) in [5.74, 6) is -9.33. The van der Waals surface area contributed by atoms with E-state index in [-0.39, 0.29) is 35.3 Å². The minimum Gasteiger partial charge on any atom is -1.00 e. The van der Waals surface area contributed by atoms with E-state index in [2.05, 4.69) is 0 Å². The fraction of sp³-hybridized carbons (Fsp3) is 0. The van der Waals surface area contributed by atoms with Crippen LogP contribution in [0.15, 0.2) is 0 Å². The Morgan fingerprint density at radius 3 is 1.15 bits per heavy atom. The van der Waals surface area contributed by atoms with Crippen LogP contribution in [0.1, 0.15) is 0 Å². The Morgan fingerprint density at radius 2 is 0.846 bits per heavy atom. The van der Waals surface area contributed by atoms with Crippen molar-refractivity contribution in [1.82, 2.24) is 0 Å². The molecule has 0 N–H and O–H groups in total. The van der Waals surface area contributed by atoms with E-state index in [9.17, 15) is 22.0 Å². The molecule has 0 aromatic heterocycles. The molecular formula is C6BrF5Zn. The minimum atomic E-state index is -2.11. The first-order valence-electron chi connectivity index (χ1n) is 2.80. The molecule has 1 aromatic rings. The van der Waals surface area contributed by atoms with Crippen molar-refractivity contribution in [3.63, 3.8) is 0 Å². The summed E-state index contributed by atoms with van der Waals surface area (Å²) >= 11 is -0.119. The maximum Gasteiger partial charge on any atom is -1.00 e. The van der Waals surface area contributed by atoms with Gasteiger partial charge in [0.25, 0.3) is 0 Å². The zero-order valence-corrected chi connectivity index (χ0v) is 10.5. The summed E-state index contributed by atoms with van der Waals surface area (Å²) in [6, 6.07) is 0. The summed E-state index contributed by atoms with van der Waals surface area (Å²) < 4.78 is 60.9. The second-order valence-corrected chi connectivity index (χ2v) is 3.53. The van der Waals surface area contributed by atoms with Crippen molar-refractivity contribution in [3.05, 3.63) is 29.1 Å². The van der Waals surface area contributed by atoms with Crippen LogP contribution in [0.25, 0.3) is 0 Å². The van der Waals surface area contributed by atoms with Crippen molar-refractivity contribution in [2.75, 3.05) is 0 Å². The predicted octanol–water partition coefficient (Wildman–Crippen LogP) is -1.44. The molecule has 0 nitrogen and oxygen atoms in total. The van der Waals surface area contributed by atoms with Crippen LogP contribution in [0.5, 0.6) is 0 Å². The molecule has 68 valence electrons. The Kier molecular flexibility index (Phi) is 4.45. The smallest absolute Gasteiger partial charge is 1.00 e. The van der Waals surface area contributed by atoms with Gasteiger partial charge in [0.1, 0.15) is 0 Å². The van der Waals surface area contributed by atoms with Gasteiger partial charge in [-0.2, -0.15) is 0 Å². The van der Waals surface area contributed by atoms with Crippen molar-refractivity contribution in [1.29, 1.82) is 0 Å². The summed E-state index contributed by atoms with van der Waals surface area (Å²) in [5, 5.41) is 0. The van der Waals surface area contributed by atoms with Crippen molar-refractivity contribution < 1.29 is 57.2 Å². The van der Waals surface area contributed by atoms with E-state index in [1.54, 1.807) is 0 Å². The SMILES string of the molecule is Fc1c(F)c(F)[c]([Zn+])c(F)c1F.[Br-]. The quantitative estimate of drug-likeness (QED) is 0.238. The molecule has 0 aliphatic carbocycles. The minimum absolute atomic E-state index is 0. The molecule has 13 heavy (non-hydrogen) atoms. The van der Waals surface area contributed by atoms with E-state index in [4.69, 9.17) is 0 Å². The molecule has 0 aliphatic rings. The van der Waals surface area contributed by atoms with Crippen molar-refractivity contribution >= 4 is 4.16 Å². The van der Waals surface area contributed by atoms with Crippen LogP contribution in [0.3, 0.4) is 0 Å². The maximum absolute atomic E-state index is 12.4. The summed E-state index contributed by atoms with van der Waals surface area (Å²) in [7, 11) is 0. The monoisotopic (exact) mass is 310 g/mol. The molecule has 0 aliphatic heterocycles. The molecular weight excluding hydrogens is 312 g/mol. The number of hydrogen-bond acceptors (Lipinski definition) is 0. The van der Waals surface area contributed by atoms with E-state index in [1.807, 2.05) is 0 Å². The zero-order chi connectivity index (χ0) is 9.46. The van der Waals surface area contributed by atoms with Gasteiger partial charge in [0, 0.05) is 0 Å². The van der Waals surface area contributed by atoms with Gasteiger partial charge in [-0.05, 0) is 0 Å². The van der Waals surface area contributed by atoms with Crippen LogP contribution < -0.4 is 21.1 Å². The van der Waals surface area contributed by atoms with Crippen LogP contribution in [0, 0.1) is 29.1 Å². The molecule has 0 saturated heterocycles. The van der Waals surface area contributed by atoms with Gasteiger partial charge in [0.2, 0.25) is 0 Å². The van der Waals surface area contributed by atoms with E-state index in [0.717, 1.165) is 0 Å². The van der Waals surface area contributed by atoms with E-state index in [1.165, 1.54) is 0 Å². The Hall–Kier alpha value is -0.0266. The predicted molar refractivity (Wildman–Crippen MR) is 25.9 cm³/mol. The number of rotatable bonds is 0. The molecule has 0 radical (unpaired) electrons. The maximum atomic E-state index is 12.4. The Bertz CT molecular complexity index is 235. The van der Waals surface area contributed by atoms with Gasteiger partial charge < -0.3 is 17.0 Å². The Morgan fingerprint density at radius 1 is 0.615 bits per heavy atom. The summed E-state index contributed by atoms with van der Waals surface area (Å²) in [6.07, 6.45) is 0. The zero-order valence-electron chi connectivity index (χ0n) is 5.97. The Labute approximate surface area is 90.6 Å². The molecule has 0 saturated carbocycles. The summed E-state index contributed by atoms with van der Waals surface area (Å²) in [5.41, 5.74) is 0. The number of benzene rings is 1. The third kappa shape index (κ3) is 2.07. The van der Waals surface area contributed by atoms with Gasteiger partial charge in [-0.25, -0.2) is 0 Å². The van der Waals surface area contributed by atoms with Gasteiger partial charge >= 0.3 is 73.5 Å². The molecule has 0 bridgehead atoms. The standard InChI is InChI=1S/C6F5.BrH.Zn/c7-2-1-3(8)5(10)6(11)4(2)9;;/h;1H;/q;;+1/p-1. The molecule has 0 unspecified atom stereocenters. The summed E-state index contributed by atoms with van der Waals surface area (Å²) in [6.45, 7) is 0. The van der Waals surface area contributed by atoms with Crippen molar-refractivity contribution in [3.8, 4) is 0 Å². The number of hydrogen-bond donors (Lipinski definition) is 0. The molecule has 0 amide bonds.